The molecule has 1 aliphatic rings. The number of alkyl halides is 1. The Morgan fingerprint density at radius 3 is 2.29 bits per heavy atom. The lowest BCUT2D eigenvalue weighted by Gasteiger charge is -2.30. The van der Waals surface area contributed by atoms with E-state index in [1.165, 1.54) is 0 Å². The molecule has 0 bridgehead atoms. The lowest BCUT2D eigenvalue weighted by molar-refractivity contribution is 0.294. The van der Waals surface area contributed by atoms with E-state index in [0.717, 1.165) is 24.6 Å². The molecule has 0 aromatic heterocycles. The molecule has 42 valence electrons. The van der Waals surface area contributed by atoms with Crippen molar-refractivity contribution in [1.29, 1.82) is 0 Å². The Morgan fingerprint density at radius 2 is 2.14 bits per heavy atom. The Labute approximate surface area is 48.8 Å². The van der Waals surface area contributed by atoms with Gasteiger partial charge in [-0.15, -0.1) is 11.6 Å². The van der Waals surface area contributed by atoms with Crippen LogP contribution in [0, 0.1) is 5.92 Å². The van der Waals surface area contributed by atoms with Gasteiger partial charge in [0.05, 0.1) is 0 Å². The van der Waals surface area contributed by atoms with Crippen LogP contribution in [0.1, 0.15) is 12.8 Å². The highest BCUT2D eigenvalue weighted by Crippen LogP contribution is 2.25. The highest BCUT2D eigenvalue weighted by molar-refractivity contribution is 6.18. The summed E-state index contributed by atoms with van der Waals surface area (Å²) in [5, 5.41) is 0. The summed E-state index contributed by atoms with van der Waals surface area (Å²) in [6.45, 7) is 0. The fourth-order valence-electron chi connectivity index (χ4n) is 0.913. The number of rotatable bonds is 1. The quantitative estimate of drug-likeness (QED) is 0.512. The van der Waals surface area contributed by atoms with Crippen LogP contribution < -0.4 is 5.73 Å². The van der Waals surface area contributed by atoms with Crippen LogP contribution in [0.5, 0.6) is 0 Å². The van der Waals surface area contributed by atoms with Crippen molar-refractivity contribution in [3.63, 3.8) is 0 Å². The smallest absolute Gasteiger partial charge is 0.0252 e. The molecular weight excluding hydrogens is 110 g/mol. The first-order valence-corrected chi connectivity index (χ1v) is 3.18. The molecule has 7 heavy (non-hydrogen) atoms. The molecule has 0 amide bonds. The fourth-order valence-corrected chi connectivity index (χ4v) is 1.17. The minimum atomic E-state index is 0.462. The highest BCUT2D eigenvalue weighted by Gasteiger charge is 2.24. The summed E-state index contributed by atoms with van der Waals surface area (Å²) >= 11 is 5.51. The van der Waals surface area contributed by atoms with Crippen LogP contribution in [0.15, 0.2) is 0 Å². The molecule has 0 radical (unpaired) electrons. The Balaban J connectivity index is 2.06. The van der Waals surface area contributed by atoms with Gasteiger partial charge in [-0.2, -0.15) is 0 Å². The summed E-state index contributed by atoms with van der Waals surface area (Å²) in [5.74, 6) is 1.53. The minimum Gasteiger partial charge on any atom is -0.328 e. The molecule has 1 aliphatic carbocycles. The summed E-state index contributed by atoms with van der Waals surface area (Å²) in [6.07, 6.45) is 2.28. The second-order valence-electron chi connectivity index (χ2n) is 2.25. The van der Waals surface area contributed by atoms with Crippen LogP contribution in [-0.4, -0.2) is 11.9 Å². The molecule has 1 rings (SSSR count). The number of hydrogen-bond acceptors (Lipinski definition) is 1. The van der Waals surface area contributed by atoms with Gasteiger partial charge in [-0.25, -0.2) is 0 Å². The monoisotopic (exact) mass is 119 g/mol. The first kappa shape index (κ1) is 5.39. The highest BCUT2D eigenvalue weighted by atomic mass is 35.5. The zero-order valence-electron chi connectivity index (χ0n) is 4.23. The fraction of sp³-hybridized carbons (Fsp3) is 1.00. The Hall–Kier alpha value is 0.250. The van der Waals surface area contributed by atoms with E-state index in [2.05, 4.69) is 0 Å². The van der Waals surface area contributed by atoms with E-state index < -0.39 is 0 Å². The summed E-state index contributed by atoms with van der Waals surface area (Å²) in [5.41, 5.74) is 5.49. The van der Waals surface area contributed by atoms with Gasteiger partial charge in [0.1, 0.15) is 0 Å². The Morgan fingerprint density at radius 1 is 1.57 bits per heavy atom. The summed E-state index contributed by atoms with van der Waals surface area (Å²) in [7, 11) is 0. The zero-order valence-corrected chi connectivity index (χ0v) is 4.99. The number of nitrogens with two attached hydrogens (primary N) is 1. The Bertz CT molecular complexity index is 59.1. The molecule has 2 N–H and O–H groups in total. The van der Waals surface area contributed by atoms with E-state index in [-0.39, 0.29) is 0 Å². The molecule has 0 saturated heterocycles. The van der Waals surface area contributed by atoms with Crippen molar-refractivity contribution in [2.75, 3.05) is 5.88 Å². The van der Waals surface area contributed by atoms with Crippen molar-refractivity contribution in [3.05, 3.63) is 0 Å². The van der Waals surface area contributed by atoms with Crippen LogP contribution in [0.4, 0.5) is 0 Å². The van der Waals surface area contributed by atoms with Gasteiger partial charge in [-0.3, -0.25) is 0 Å². The molecule has 0 aromatic rings. The summed E-state index contributed by atoms with van der Waals surface area (Å²) < 4.78 is 0. The van der Waals surface area contributed by atoms with Gasteiger partial charge in [0, 0.05) is 11.9 Å². The van der Waals surface area contributed by atoms with Crippen LogP contribution in [0.25, 0.3) is 0 Å². The largest absolute Gasteiger partial charge is 0.328 e. The van der Waals surface area contributed by atoms with Gasteiger partial charge in [-0.1, -0.05) is 0 Å². The first-order chi connectivity index (χ1) is 3.33. The molecule has 0 spiro atoms. The van der Waals surface area contributed by atoms with E-state index in [1.54, 1.807) is 0 Å². The van der Waals surface area contributed by atoms with Gasteiger partial charge in [0.25, 0.3) is 0 Å². The SMILES string of the molecule is NC1CC(CCl)C1. The first-order valence-electron chi connectivity index (χ1n) is 2.64. The lowest BCUT2D eigenvalue weighted by atomic mass is 9.82. The van der Waals surface area contributed by atoms with Crippen molar-refractivity contribution >= 4 is 11.6 Å². The second-order valence-corrected chi connectivity index (χ2v) is 2.56. The molecule has 1 saturated carbocycles. The van der Waals surface area contributed by atoms with Crippen LogP contribution >= 0.6 is 11.6 Å². The minimum absolute atomic E-state index is 0.462. The molecule has 0 heterocycles. The molecule has 1 fully saturated rings. The number of hydrogen-bond donors (Lipinski definition) is 1. The van der Waals surface area contributed by atoms with Gasteiger partial charge in [-0.05, 0) is 18.8 Å². The number of halogens is 1. The van der Waals surface area contributed by atoms with Crippen LogP contribution in [0.2, 0.25) is 0 Å². The molecular formula is C5H10ClN. The van der Waals surface area contributed by atoms with Crippen LogP contribution in [0.3, 0.4) is 0 Å². The van der Waals surface area contributed by atoms with Gasteiger partial charge in [0.2, 0.25) is 0 Å². The third kappa shape index (κ3) is 1.07. The maximum absolute atomic E-state index is 5.51. The van der Waals surface area contributed by atoms with Gasteiger partial charge < -0.3 is 5.73 Å². The van der Waals surface area contributed by atoms with Crippen molar-refractivity contribution in [1.82, 2.24) is 0 Å². The standard InChI is InChI=1S/C5H10ClN/c6-3-4-1-5(7)2-4/h4-5H,1-3,7H2. The third-order valence-electron chi connectivity index (χ3n) is 1.49. The molecule has 0 atom stereocenters. The van der Waals surface area contributed by atoms with E-state index in [4.69, 9.17) is 17.3 Å². The van der Waals surface area contributed by atoms with E-state index >= 15 is 0 Å². The molecule has 0 aliphatic heterocycles. The zero-order chi connectivity index (χ0) is 5.28. The third-order valence-corrected chi connectivity index (χ3v) is 1.93. The van der Waals surface area contributed by atoms with Gasteiger partial charge >= 0.3 is 0 Å². The van der Waals surface area contributed by atoms with Crippen molar-refractivity contribution in [3.8, 4) is 0 Å². The Kier molecular flexibility index (Phi) is 1.55. The molecule has 2 heteroatoms. The molecule has 1 nitrogen and oxygen atoms in total. The maximum Gasteiger partial charge on any atom is 0.0252 e. The average molecular weight is 120 g/mol. The van der Waals surface area contributed by atoms with Crippen molar-refractivity contribution < 1.29 is 0 Å². The normalized spacial score (nSPS) is 40.3. The van der Waals surface area contributed by atoms with Gasteiger partial charge in [0.15, 0.2) is 0 Å². The summed E-state index contributed by atoms with van der Waals surface area (Å²) in [4.78, 5) is 0. The molecule has 0 unspecified atom stereocenters. The van der Waals surface area contributed by atoms with E-state index in [0.29, 0.717) is 6.04 Å². The average Bonchev–Trinajstić information content (AvgIpc) is 1.58. The van der Waals surface area contributed by atoms with Crippen molar-refractivity contribution in [2.24, 2.45) is 11.7 Å². The molecule has 0 aromatic carbocycles. The summed E-state index contributed by atoms with van der Waals surface area (Å²) in [6, 6.07) is 0.462. The predicted octanol–water partition coefficient (Wildman–Crippen LogP) is 0.962. The van der Waals surface area contributed by atoms with E-state index in [9.17, 15) is 0 Å². The van der Waals surface area contributed by atoms with Crippen LogP contribution in [-0.2, 0) is 0 Å². The van der Waals surface area contributed by atoms with Crippen molar-refractivity contribution in [2.45, 2.75) is 18.9 Å². The predicted molar refractivity (Wildman–Crippen MR) is 31.4 cm³/mol. The topological polar surface area (TPSA) is 26.0 Å². The second kappa shape index (κ2) is 2.01. The lowest BCUT2D eigenvalue weighted by Crippen LogP contribution is -2.36. The van der Waals surface area contributed by atoms with E-state index in [1.807, 2.05) is 0 Å². The maximum atomic E-state index is 5.51.